The van der Waals surface area contributed by atoms with E-state index in [1.165, 1.54) is 18.4 Å². The summed E-state index contributed by atoms with van der Waals surface area (Å²) in [4.78, 5) is 24.1. The molecule has 80 valence electrons. The number of esters is 1. The molecular weight excluding hydrogens is 216 g/mol. The van der Waals surface area contributed by atoms with E-state index in [-0.39, 0.29) is 19.0 Å². The number of hydrogen-bond acceptors (Lipinski definition) is 5. The fourth-order valence-electron chi connectivity index (χ4n) is 1.49. The van der Waals surface area contributed by atoms with Gasteiger partial charge in [-0.05, 0) is 11.4 Å². The molecule has 0 saturated carbocycles. The number of carbonyl (C=O) groups excluding carboxylic acids is 2. The van der Waals surface area contributed by atoms with E-state index in [2.05, 4.69) is 4.74 Å². The molecule has 1 saturated heterocycles. The molecule has 0 radical (unpaired) electrons. The second-order valence-corrected chi connectivity index (χ2v) is 4.32. The van der Waals surface area contributed by atoms with Crippen LogP contribution in [0.1, 0.15) is 9.67 Å². The molecule has 0 aliphatic carbocycles. The van der Waals surface area contributed by atoms with Crippen LogP contribution in [0.25, 0.3) is 0 Å². The van der Waals surface area contributed by atoms with Crippen LogP contribution in [0.2, 0.25) is 0 Å². The zero-order valence-electron chi connectivity index (χ0n) is 8.19. The highest BCUT2D eigenvalue weighted by atomic mass is 32.1. The Morgan fingerprint density at radius 2 is 2.27 bits per heavy atom. The highest BCUT2D eigenvalue weighted by Crippen LogP contribution is 2.34. The van der Waals surface area contributed by atoms with Gasteiger partial charge in [-0.25, -0.2) is 0 Å². The molecule has 0 spiro atoms. The third-order valence-electron chi connectivity index (χ3n) is 2.45. The van der Waals surface area contributed by atoms with E-state index >= 15 is 0 Å². The largest absolute Gasteiger partial charge is 0.468 e. The first-order valence-corrected chi connectivity index (χ1v) is 5.33. The molecule has 2 heterocycles. The third-order valence-corrected chi connectivity index (χ3v) is 3.32. The van der Waals surface area contributed by atoms with Crippen molar-refractivity contribution in [2.45, 2.75) is 0 Å². The molecule has 0 bridgehead atoms. The Labute approximate surface area is 90.8 Å². The Balaban J connectivity index is 2.28. The number of thiophene rings is 1. The summed E-state index contributed by atoms with van der Waals surface area (Å²) < 4.78 is 9.60. The molecule has 0 amide bonds. The number of Topliss-reactive ketones (excluding diaryl/α,β-unsaturated/α-hetero) is 1. The maximum Gasteiger partial charge on any atom is 0.324 e. The standard InChI is InChI=1S/C10H10O4S/c1-13-9(12)10(5-14-6-10)8(11)7-3-2-4-15-7/h2-4H,5-6H2,1H3. The van der Waals surface area contributed by atoms with E-state index < -0.39 is 11.4 Å². The third kappa shape index (κ3) is 1.48. The number of hydrogen-bond donors (Lipinski definition) is 0. The normalized spacial score (nSPS) is 17.9. The lowest BCUT2D eigenvalue weighted by molar-refractivity contribution is -0.172. The number of methoxy groups -OCH3 is 1. The van der Waals surface area contributed by atoms with Gasteiger partial charge in [-0.15, -0.1) is 11.3 Å². The van der Waals surface area contributed by atoms with E-state index in [0.29, 0.717) is 4.88 Å². The Hall–Kier alpha value is -1.20. The number of ketones is 1. The molecule has 15 heavy (non-hydrogen) atoms. The minimum atomic E-state index is -1.10. The topological polar surface area (TPSA) is 52.6 Å². The van der Waals surface area contributed by atoms with Gasteiger partial charge in [0.05, 0.1) is 25.2 Å². The Morgan fingerprint density at radius 3 is 2.67 bits per heavy atom. The second kappa shape index (κ2) is 3.75. The van der Waals surface area contributed by atoms with Crippen molar-refractivity contribution in [3.63, 3.8) is 0 Å². The molecule has 0 atom stereocenters. The van der Waals surface area contributed by atoms with Crippen molar-refractivity contribution in [2.75, 3.05) is 20.3 Å². The van der Waals surface area contributed by atoms with Gasteiger partial charge in [-0.1, -0.05) is 6.07 Å². The monoisotopic (exact) mass is 226 g/mol. The van der Waals surface area contributed by atoms with Crippen LogP contribution in [0.15, 0.2) is 17.5 Å². The summed E-state index contributed by atoms with van der Waals surface area (Å²) in [6, 6.07) is 3.48. The minimum absolute atomic E-state index is 0.121. The van der Waals surface area contributed by atoms with Gasteiger partial charge in [0.1, 0.15) is 0 Å². The predicted octanol–water partition coefficient (Wildman–Crippen LogP) is 1.12. The number of ether oxygens (including phenoxy) is 2. The molecule has 5 heteroatoms. The lowest BCUT2D eigenvalue weighted by atomic mass is 9.81. The molecule has 1 aliphatic heterocycles. The molecule has 1 aromatic rings. The molecule has 0 unspecified atom stereocenters. The summed E-state index contributed by atoms with van der Waals surface area (Å²) in [5.41, 5.74) is -1.10. The van der Waals surface area contributed by atoms with Crippen molar-refractivity contribution < 1.29 is 19.1 Å². The summed E-state index contributed by atoms with van der Waals surface area (Å²) in [5.74, 6) is -0.706. The van der Waals surface area contributed by atoms with E-state index in [9.17, 15) is 9.59 Å². The van der Waals surface area contributed by atoms with Crippen LogP contribution in [0.4, 0.5) is 0 Å². The van der Waals surface area contributed by atoms with Gasteiger partial charge in [0.25, 0.3) is 0 Å². The number of carbonyl (C=O) groups is 2. The van der Waals surface area contributed by atoms with E-state index in [4.69, 9.17) is 4.74 Å². The Kier molecular flexibility index (Phi) is 2.58. The lowest BCUT2D eigenvalue weighted by Crippen LogP contribution is -2.55. The van der Waals surface area contributed by atoms with E-state index in [0.717, 1.165) is 0 Å². The maximum absolute atomic E-state index is 12.0. The SMILES string of the molecule is COC(=O)C1(C(=O)c2cccs2)COC1. The summed E-state index contributed by atoms with van der Waals surface area (Å²) in [5, 5.41) is 1.80. The summed E-state index contributed by atoms with van der Waals surface area (Å²) in [7, 11) is 1.28. The predicted molar refractivity (Wildman–Crippen MR) is 53.9 cm³/mol. The molecular formula is C10H10O4S. The highest BCUT2D eigenvalue weighted by molar-refractivity contribution is 7.12. The first-order chi connectivity index (χ1) is 7.20. The fraction of sp³-hybridized carbons (Fsp3) is 0.400. The summed E-state index contributed by atoms with van der Waals surface area (Å²) in [6.07, 6.45) is 0. The first-order valence-electron chi connectivity index (χ1n) is 4.45. The molecule has 2 rings (SSSR count). The average Bonchev–Trinajstić information content (AvgIpc) is 2.68. The van der Waals surface area contributed by atoms with Crippen LogP contribution < -0.4 is 0 Å². The van der Waals surface area contributed by atoms with Gasteiger partial charge in [0.2, 0.25) is 0 Å². The molecule has 4 nitrogen and oxygen atoms in total. The van der Waals surface area contributed by atoms with Crippen molar-refractivity contribution in [1.29, 1.82) is 0 Å². The highest BCUT2D eigenvalue weighted by Gasteiger charge is 2.54. The smallest absolute Gasteiger partial charge is 0.324 e. The lowest BCUT2D eigenvalue weighted by Gasteiger charge is -2.36. The molecule has 0 aromatic carbocycles. The van der Waals surface area contributed by atoms with Gasteiger partial charge in [0.15, 0.2) is 11.2 Å². The quantitative estimate of drug-likeness (QED) is 0.440. The Bertz CT molecular complexity index is 378. The van der Waals surface area contributed by atoms with Crippen molar-refractivity contribution >= 4 is 23.1 Å². The Morgan fingerprint density at radius 1 is 1.53 bits per heavy atom. The van der Waals surface area contributed by atoms with Gasteiger partial charge < -0.3 is 9.47 Å². The van der Waals surface area contributed by atoms with Crippen LogP contribution in [0, 0.1) is 5.41 Å². The van der Waals surface area contributed by atoms with Crippen LogP contribution in [0.3, 0.4) is 0 Å². The first kappa shape index (κ1) is 10.3. The molecule has 1 aromatic heterocycles. The summed E-state index contributed by atoms with van der Waals surface area (Å²) >= 11 is 1.32. The fourth-order valence-corrected chi connectivity index (χ4v) is 2.25. The zero-order valence-corrected chi connectivity index (χ0v) is 9.00. The molecule has 0 N–H and O–H groups in total. The zero-order chi connectivity index (χ0) is 10.9. The van der Waals surface area contributed by atoms with Gasteiger partial charge in [0, 0.05) is 0 Å². The van der Waals surface area contributed by atoms with Crippen molar-refractivity contribution in [3.8, 4) is 0 Å². The summed E-state index contributed by atoms with van der Waals surface area (Å²) in [6.45, 7) is 0.243. The second-order valence-electron chi connectivity index (χ2n) is 3.37. The van der Waals surface area contributed by atoms with Crippen LogP contribution >= 0.6 is 11.3 Å². The molecule has 1 aliphatic rings. The van der Waals surface area contributed by atoms with Crippen molar-refractivity contribution in [3.05, 3.63) is 22.4 Å². The van der Waals surface area contributed by atoms with Crippen molar-refractivity contribution in [2.24, 2.45) is 5.41 Å². The maximum atomic E-state index is 12.0. The van der Waals surface area contributed by atoms with Gasteiger partial charge in [-0.2, -0.15) is 0 Å². The van der Waals surface area contributed by atoms with Gasteiger partial charge >= 0.3 is 5.97 Å². The van der Waals surface area contributed by atoms with E-state index in [1.54, 1.807) is 17.5 Å². The van der Waals surface area contributed by atoms with Crippen LogP contribution in [-0.2, 0) is 14.3 Å². The number of rotatable bonds is 3. The van der Waals surface area contributed by atoms with Crippen LogP contribution in [-0.4, -0.2) is 32.1 Å². The van der Waals surface area contributed by atoms with Gasteiger partial charge in [-0.3, -0.25) is 9.59 Å². The average molecular weight is 226 g/mol. The van der Waals surface area contributed by atoms with E-state index in [1.807, 2.05) is 0 Å². The van der Waals surface area contributed by atoms with Crippen molar-refractivity contribution in [1.82, 2.24) is 0 Å². The van der Waals surface area contributed by atoms with Crippen LogP contribution in [0.5, 0.6) is 0 Å². The minimum Gasteiger partial charge on any atom is -0.468 e. The molecule has 1 fully saturated rings.